The molecule has 0 N–H and O–H groups in total. The van der Waals surface area contributed by atoms with Crippen LogP contribution in [-0.4, -0.2) is 54.9 Å². The molecule has 1 saturated heterocycles. The zero-order valence-electron chi connectivity index (χ0n) is 15.0. The number of carbonyl (C=O) groups excluding carboxylic acids is 4. The molecule has 8 nitrogen and oxygen atoms in total. The van der Waals surface area contributed by atoms with E-state index in [1.54, 1.807) is 18.2 Å². The Kier molecular flexibility index (Phi) is 8.12. The van der Waals surface area contributed by atoms with Gasteiger partial charge in [-0.2, -0.15) is 0 Å². The van der Waals surface area contributed by atoms with Crippen molar-refractivity contribution >= 4 is 86.1 Å². The molecule has 0 aliphatic carbocycles. The molecule has 0 bridgehead atoms. The van der Waals surface area contributed by atoms with Crippen LogP contribution in [0.15, 0.2) is 17.0 Å². The monoisotopic (exact) mass is 631 g/mol. The van der Waals surface area contributed by atoms with Crippen molar-refractivity contribution in [3.8, 4) is 5.75 Å². The van der Waals surface area contributed by atoms with Crippen molar-refractivity contribution in [1.29, 1.82) is 0 Å². The molecule has 11 heteroatoms. The van der Waals surface area contributed by atoms with Crippen LogP contribution in [0.4, 0.5) is 4.79 Å². The molecule has 1 aromatic carbocycles. The Bertz CT molecular complexity index is 848. The Morgan fingerprint density at radius 1 is 1.18 bits per heavy atom. The number of rotatable bonds is 6. The van der Waals surface area contributed by atoms with Crippen molar-refractivity contribution in [3.05, 3.63) is 29.7 Å². The van der Waals surface area contributed by atoms with Gasteiger partial charge in [-0.05, 0) is 87.6 Å². The zero-order valence-corrected chi connectivity index (χ0v) is 20.1. The first-order chi connectivity index (χ1) is 13.2. The molecule has 2 amide bonds. The largest absolute Gasteiger partial charge is 0.480 e. The van der Waals surface area contributed by atoms with Gasteiger partial charge in [-0.1, -0.05) is 0 Å². The molecule has 150 valence electrons. The van der Waals surface area contributed by atoms with Gasteiger partial charge in [0.2, 0.25) is 0 Å². The van der Waals surface area contributed by atoms with Crippen LogP contribution < -0.4 is 4.74 Å². The van der Waals surface area contributed by atoms with E-state index >= 15 is 0 Å². The maximum Gasteiger partial charge on any atom is 0.343 e. The third kappa shape index (κ3) is 5.17. The molecule has 1 atom stereocenters. The van der Waals surface area contributed by atoms with E-state index in [1.807, 2.05) is 0 Å². The van der Waals surface area contributed by atoms with Gasteiger partial charge in [-0.15, -0.1) is 0 Å². The SMILES string of the molecule is COC(=O)COc1c(I)cc(/C=C2/SC(=O)N([C@@H](C)C(=O)OC)C2=O)cc1I. The topological polar surface area (TPSA) is 99.2 Å². The standard InChI is InChI=1S/C17H15I2NO7S/c1-8(16(23)26-3)20-15(22)12(28-17(20)24)6-9-4-10(18)14(11(19)5-9)27-7-13(21)25-2/h4-6,8H,7H2,1-3H3/b12-6+/t8-/m0/s1. The predicted molar refractivity (Wildman–Crippen MR) is 119 cm³/mol. The van der Waals surface area contributed by atoms with Crippen molar-refractivity contribution < 1.29 is 33.4 Å². The van der Waals surface area contributed by atoms with Crippen LogP contribution in [0, 0.1) is 7.14 Å². The Balaban J connectivity index is 2.26. The van der Waals surface area contributed by atoms with Gasteiger partial charge < -0.3 is 14.2 Å². The number of thioether (sulfide) groups is 1. The third-order valence-corrected chi connectivity index (χ3v) is 6.12. The molecule has 1 heterocycles. The molecule has 1 aliphatic heterocycles. The summed E-state index contributed by atoms with van der Waals surface area (Å²) < 4.78 is 16.1. The van der Waals surface area contributed by atoms with E-state index in [4.69, 9.17) is 4.74 Å². The molecule has 0 radical (unpaired) electrons. The van der Waals surface area contributed by atoms with Crippen LogP contribution in [0.2, 0.25) is 0 Å². The van der Waals surface area contributed by atoms with Crippen molar-refractivity contribution in [2.75, 3.05) is 20.8 Å². The first-order valence-corrected chi connectivity index (χ1v) is 10.7. The first kappa shape index (κ1) is 22.9. The molecular weight excluding hydrogens is 616 g/mol. The van der Waals surface area contributed by atoms with Crippen molar-refractivity contribution in [1.82, 2.24) is 4.90 Å². The second-order valence-corrected chi connectivity index (χ2v) is 8.75. The maximum atomic E-state index is 12.6. The number of esters is 2. The number of hydrogen-bond acceptors (Lipinski definition) is 8. The maximum absolute atomic E-state index is 12.6. The fourth-order valence-corrected chi connectivity index (χ4v) is 5.27. The number of benzene rings is 1. The fourth-order valence-electron chi connectivity index (χ4n) is 2.23. The second kappa shape index (κ2) is 9.91. The van der Waals surface area contributed by atoms with E-state index in [0.29, 0.717) is 11.3 Å². The number of methoxy groups -OCH3 is 2. The lowest BCUT2D eigenvalue weighted by Crippen LogP contribution is -2.42. The summed E-state index contributed by atoms with van der Waals surface area (Å²) in [6, 6.07) is 2.51. The molecule has 1 aliphatic rings. The van der Waals surface area contributed by atoms with Crippen molar-refractivity contribution in [2.24, 2.45) is 0 Å². The third-order valence-electron chi connectivity index (χ3n) is 3.63. The average molecular weight is 631 g/mol. The normalized spacial score (nSPS) is 16.3. The van der Waals surface area contributed by atoms with Gasteiger partial charge in [0.15, 0.2) is 6.61 Å². The summed E-state index contributed by atoms with van der Waals surface area (Å²) >= 11 is 4.87. The van der Waals surface area contributed by atoms with Crippen LogP contribution in [0.25, 0.3) is 6.08 Å². The lowest BCUT2D eigenvalue weighted by molar-refractivity contribution is -0.148. The first-order valence-electron chi connectivity index (χ1n) is 7.73. The molecule has 0 saturated carbocycles. The van der Waals surface area contributed by atoms with E-state index in [-0.39, 0.29) is 11.5 Å². The van der Waals surface area contributed by atoms with E-state index in [0.717, 1.165) is 23.8 Å². The molecule has 28 heavy (non-hydrogen) atoms. The van der Waals surface area contributed by atoms with Crippen LogP contribution in [0.3, 0.4) is 0 Å². The number of nitrogens with zero attached hydrogens (tertiary/aromatic N) is 1. The summed E-state index contributed by atoms with van der Waals surface area (Å²) in [6.07, 6.45) is 1.57. The van der Waals surface area contributed by atoms with Gasteiger partial charge in [0.25, 0.3) is 11.1 Å². The summed E-state index contributed by atoms with van der Waals surface area (Å²) in [5.74, 6) is -1.19. The van der Waals surface area contributed by atoms with E-state index in [1.165, 1.54) is 21.1 Å². The van der Waals surface area contributed by atoms with Crippen LogP contribution in [0.1, 0.15) is 12.5 Å². The molecule has 1 aromatic rings. The summed E-state index contributed by atoms with van der Waals surface area (Å²) in [7, 11) is 2.47. The minimum atomic E-state index is -1.00. The Hall–Kier alpha value is -1.35. The van der Waals surface area contributed by atoms with Crippen molar-refractivity contribution in [2.45, 2.75) is 13.0 Å². The lowest BCUT2D eigenvalue weighted by atomic mass is 10.2. The lowest BCUT2D eigenvalue weighted by Gasteiger charge is -2.18. The number of imide groups is 1. The highest BCUT2D eigenvalue weighted by atomic mass is 127. The number of ether oxygens (including phenoxy) is 3. The molecule has 1 fully saturated rings. The van der Waals surface area contributed by atoms with E-state index < -0.39 is 29.1 Å². The van der Waals surface area contributed by atoms with Gasteiger partial charge in [-0.3, -0.25) is 14.5 Å². The molecular formula is C17H15I2NO7S. The zero-order chi connectivity index (χ0) is 21.0. The van der Waals surface area contributed by atoms with E-state index in [9.17, 15) is 19.2 Å². The van der Waals surface area contributed by atoms with Crippen LogP contribution >= 0.6 is 56.9 Å². The Morgan fingerprint density at radius 2 is 1.79 bits per heavy atom. The fraction of sp³-hybridized carbons (Fsp3) is 0.294. The summed E-state index contributed by atoms with van der Waals surface area (Å²) in [5, 5.41) is -0.531. The summed E-state index contributed by atoms with van der Waals surface area (Å²) in [4.78, 5) is 48.7. The van der Waals surface area contributed by atoms with E-state index in [2.05, 4.69) is 54.7 Å². The highest BCUT2D eigenvalue weighted by molar-refractivity contribution is 14.1. The summed E-state index contributed by atoms with van der Waals surface area (Å²) in [5.41, 5.74) is 0.676. The highest BCUT2D eigenvalue weighted by Crippen LogP contribution is 2.35. The number of carbonyl (C=O) groups is 4. The van der Waals surface area contributed by atoms with Crippen molar-refractivity contribution in [3.63, 3.8) is 0 Å². The van der Waals surface area contributed by atoms with Gasteiger partial charge in [0, 0.05) is 0 Å². The quantitative estimate of drug-likeness (QED) is 0.269. The average Bonchev–Trinajstić information content (AvgIpc) is 2.92. The highest BCUT2D eigenvalue weighted by Gasteiger charge is 2.41. The van der Waals surface area contributed by atoms with Gasteiger partial charge in [-0.25, -0.2) is 9.59 Å². The second-order valence-electron chi connectivity index (χ2n) is 5.43. The number of amides is 2. The van der Waals surface area contributed by atoms with Crippen LogP contribution in [0.5, 0.6) is 5.75 Å². The molecule has 0 spiro atoms. The minimum absolute atomic E-state index is 0.204. The Morgan fingerprint density at radius 3 is 2.32 bits per heavy atom. The molecule has 2 rings (SSSR count). The smallest absolute Gasteiger partial charge is 0.343 e. The molecule has 0 unspecified atom stereocenters. The van der Waals surface area contributed by atoms with Gasteiger partial charge in [0.1, 0.15) is 11.8 Å². The Labute approximate surface area is 192 Å². The molecule has 0 aromatic heterocycles. The van der Waals surface area contributed by atoms with Gasteiger partial charge in [0.05, 0.1) is 26.3 Å². The predicted octanol–water partition coefficient (Wildman–Crippen LogP) is 3.05. The van der Waals surface area contributed by atoms with Crippen LogP contribution in [-0.2, 0) is 23.9 Å². The number of hydrogen-bond donors (Lipinski definition) is 0. The number of halogens is 2. The summed E-state index contributed by atoms with van der Waals surface area (Å²) in [6.45, 7) is 1.22. The van der Waals surface area contributed by atoms with Gasteiger partial charge >= 0.3 is 11.9 Å². The minimum Gasteiger partial charge on any atom is -0.480 e.